The zero-order valence-electron chi connectivity index (χ0n) is 10.8. The molecule has 98 valence electrons. The molecule has 2 heteroatoms. The minimum atomic E-state index is -0.381. The number of fused-ring (bicyclic) bond motifs is 1. The quantitative estimate of drug-likeness (QED) is 0.902. The van der Waals surface area contributed by atoms with E-state index in [-0.39, 0.29) is 6.10 Å². The van der Waals surface area contributed by atoms with Gasteiger partial charge in [0.2, 0.25) is 0 Å². The van der Waals surface area contributed by atoms with E-state index < -0.39 is 0 Å². The molecule has 0 saturated carbocycles. The number of aliphatic hydroxyl groups is 1. The van der Waals surface area contributed by atoms with Crippen molar-refractivity contribution in [2.45, 2.75) is 24.9 Å². The number of benzene rings is 2. The second-order valence-corrected chi connectivity index (χ2v) is 5.05. The summed E-state index contributed by atoms with van der Waals surface area (Å²) < 4.78 is 5.67. The molecule has 0 spiro atoms. The van der Waals surface area contributed by atoms with Gasteiger partial charge in [0.25, 0.3) is 0 Å². The van der Waals surface area contributed by atoms with E-state index >= 15 is 0 Å². The van der Waals surface area contributed by atoms with Gasteiger partial charge < -0.3 is 9.84 Å². The molecule has 2 aromatic rings. The van der Waals surface area contributed by atoms with Crippen molar-refractivity contribution in [3.05, 3.63) is 65.7 Å². The second-order valence-electron chi connectivity index (χ2n) is 5.05. The van der Waals surface area contributed by atoms with Crippen molar-refractivity contribution in [1.82, 2.24) is 0 Å². The van der Waals surface area contributed by atoms with Crippen LogP contribution in [0.3, 0.4) is 0 Å². The lowest BCUT2D eigenvalue weighted by Gasteiger charge is -2.13. The monoisotopic (exact) mass is 254 g/mol. The number of ether oxygens (including phenoxy) is 1. The van der Waals surface area contributed by atoms with E-state index in [9.17, 15) is 5.11 Å². The SMILES string of the molecule is OC(CCC1COc2ccccc21)c1ccccc1. The normalized spacial score (nSPS) is 18.7. The summed E-state index contributed by atoms with van der Waals surface area (Å²) in [4.78, 5) is 0. The highest BCUT2D eigenvalue weighted by Crippen LogP contribution is 2.37. The average molecular weight is 254 g/mol. The van der Waals surface area contributed by atoms with Gasteiger partial charge in [-0.15, -0.1) is 0 Å². The predicted molar refractivity (Wildman–Crippen MR) is 75.3 cm³/mol. The molecule has 0 aromatic heterocycles. The van der Waals surface area contributed by atoms with Crippen molar-refractivity contribution >= 4 is 0 Å². The number of aliphatic hydroxyl groups excluding tert-OH is 1. The van der Waals surface area contributed by atoms with Crippen molar-refractivity contribution in [3.8, 4) is 5.75 Å². The van der Waals surface area contributed by atoms with Crippen LogP contribution in [0.4, 0.5) is 0 Å². The maximum Gasteiger partial charge on any atom is 0.122 e. The molecule has 2 nitrogen and oxygen atoms in total. The minimum Gasteiger partial charge on any atom is -0.493 e. The van der Waals surface area contributed by atoms with Gasteiger partial charge in [-0.3, -0.25) is 0 Å². The third kappa shape index (κ3) is 2.64. The van der Waals surface area contributed by atoms with Crippen molar-refractivity contribution in [2.75, 3.05) is 6.61 Å². The molecule has 2 unspecified atom stereocenters. The summed E-state index contributed by atoms with van der Waals surface area (Å²) in [6.07, 6.45) is 1.34. The molecule has 3 rings (SSSR count). The molecule has 0 bridgehead atoms. The van der Waals surface area contributed by atoms with E-state index in [0.717, 1.165) is 30.8 Å². The molecule has 19 heavy (non-hydrogen) atoms. The van der Waals surface area contributed by atoms with Gasteiger partial charge in [0.15, 0.2) is 0 Å². The Hall–Kier alpha value is -1.80. The highest BCUT2D eigenvalue weighted by Gasteiger charge is 2.24. The van der Waals surface area contributed by atoms with E-state index in [4.69, 9.17) is 4.74 Å². The van der Waals surface area contributed by atoms with Crippen molar-refractivity contribution in [3.63, 3.8) is 0 Å². The Morgan fingerprint density at radius 2 is 1.79 bits per heavy atom. The van der Waals surface area contributed by atoms with Gasteiger partial charge in [0, 0.05) is 11.5 Å². The van der Waals surface area contributed by atoms with Crippen LogP contribution in [0.1, 0.15) is 36.0 Å². The van der Waals surface area contributed by atoms with Crippen molar-refractivity contribution < 1.29 is 9.84 Å². The van der Waals surface area contributed by atoms with E-state index in [2.05, 4.69) is 6.07 Å². The molecule has 0 aliphatic carbocycles. The summed E-state index contributed by atoms with van der Waals surface area (Å²) in [5, 5.41) is 10.2. The fourth-order valence-corrected chi connectivity index (χ4v) is 2.67. The molecule has 2 aromatic carbocycles. The maximum absolute atomic E-state index is 10.2. The second kappa shape index (κ2) is 5.45. The average Bonchev–Trinajstić information content (AvgIpc) is 2.89. The van der Waals surface area contributed by atoms with Crippen LogP contribution in [0.5, 0.6) is 5.75 Å². The largest absolute Gasteiger partial charge is 0.493 e. The molecule has 0 radical (unpaired) electrons. The van der Waals surface area contributed by atoms with Crippen LogP contribution in [-0.2, 0) is 0 Å². The minimum absolute atomic E-state index is 0.381. The van der Waals surface area contributed by atoms with Crippen LogP contribution in [0.15, 0.2) is 54.6 Å². The van der Waals surface area contributed by atoms with Crippen LogP contribution in [0.2, 0.25) is 0 Å². The molecule has 0 saturated heterocycles. The fourth-order valence-electron chi connectivity index (χ4n) is 2.67. The molecule has 1 N–H and O–H groups in total. The van der Waals surface area contributed by atoms with E-state index in [1.165, 1.54) is 5.56 Å². The molecular formula is C17H18O2. The smallest absolute Gasteiger partial charge is 0.122 e. The van der Waals surface area contributed by atoms with Gasteiger partial charge in [-0.25, -0.2) is 0 Å². The Balaban J connectivity index is 1.62. The standard InChI is InChI=1S/C17H18O2/c18-16(13-6-2-1-3-7-13)11-10-14-12-19-17-9-5-4-8-15(14)17/h1-9,14,16,18H,10-12H2. The van der Waals surface area contributed by atoms with Gasteiger partial charge in [-0.05, 0) is 24.5 Å². The molecule has 1 aliphatic heterocycles. The first-order valence-electron chi connectivity index (χ1n) is 6.79. The third-order valence-corrected chi connectivity index (χ3v) is 3.77. The number of rotatable bonds is 4. The topological polar surface area (TPSA) is 29.5 Å². The van der Waals surface area contributed by atoms with E-state index in [1.807, 2.05) is 48.5 Å². The van der Waals surface area contributed by atoms with Gasteiger partial charge in [0.05, 0.1) is 12.7 Å². The van der Waals surface area contributed by atoms with Crippen LogP contribution >= 0.6 is 0 Å². The predicted octanol–water partition coefficient (Wildman–Crippen LogP) is 3.68. The van der Waals surface area contributed by atoms with Gasteiger partial charge >= 0.3 is 0 Å². The first-order valence-corrected chi connectivity index (χ1v) is 6.79. The Bertz CT molecular complexity index is 536. The molecule has 2 atom stereocenters. The first-order chi connectivity index (χ1) is 9.34. The zero-order valence-corrected chi connectivity index (χ0v) is 10.8. The molecule has 0 fully saturated rings. The fraction of sp³-hybridized carbons (Fsp3) is 0.294. The molecule has 0 amide bonds. The lowest BCUT2D eigenvalue weighted by molar-refractivity contribution is 0.159. The summed E-state index contributed by atoms with van der Waals surface area (Å²) in [5.41, 5.74) is 2.28. The zero-order chi connectivity index (χ0) is 13.1. The third-order valence-electron chi connectivity index (χ3n) is 3.77. The molecule has 1 heterocycles. The summed E-state index contributed by atoms with van der Waals surface area (Å²) in [6, 6.07) is 18.0. The first kappa shape index (κ1) is 12.2. The molecular weight excluding hydrogens is 236 g/mol. The van der Waals surface area contributed by atoms with E-state index in [0.29, 0.717) is 5.92 Å². The van der Waals surface area contributed by atoms with Gasteiger partial charge in [-0.2, -0.15) is 0 Å². The molecule has 1 aliphatic rings. The Morgan fingerprint density at radius 3 is 2.63 bits per heavy atom. The number of hydrogen-bond acceptors (Lipinski definition) is 2. The van der Waals surface area contributed by atoms with Crippen LogP contribution < -0.4 is 4.74 Å². The summed E-state index contributed by atoms with van der Waals surface area (Å²) in [7, 11) is 0. The van der Waals surface area contributed by atoms with Gasteiger partial charge in [-0.1, -0.05) is 48.5 Å². The van der Waals surface area contributed by atoms with Gasteiger partial charge in [0.1, 0.15) is 5.75 Å². The Labute approximate surface area is 113 Å². The lowest BCUT2D eigenvalue weighted by Crippen LogP contribution is -2.04. The van der Waals surface area contributed by atoms with Crippen LogP contribution in [0, 0.1) is 0 Å². The summed E-state index contributed by atoms with van der Waals surface area (Å²) in [5.74, 6) is 1.41. The van der Waals surface area contributed by atoms with E-state index in [1.54, 1.807) is 0 Å². The number of hydrogen-bond donors (Lipinski definition) is 1. The highest BCUT2D eigenvalue weighted by molar-refractivity contribution is 5.39. The number of para-hydroxylation sites is 1. The Kier molecular flexibility index (Phi) is 3.51. The van der Waals surface area contributed by atoms with Crippen LogP contribution in [-0.4, -0.2) is 11.7 Å². The van der Waals surface area contributed by atoms with Crippen LogP contribution in [0.25, 0.3) is 0 Å². The highest BCUT2D eigenvalue weighted by atomic mass is 16.5. The van der Waals surface area contributed by atoms with Crippen molar-refractivity contribution in [2.24, 2.45) is 0 Å². The summed E-state index contributed by atoms with van der Waals surface area (Å²) in [6.45, 7) is 0.737. The van der Waals surface area contributed by atoms with Crippen molar-refractivity contribution in [1.29, 1.82) is 0 Å². The Morgan fingerprint density at radius 1 is 1.05 bits per heavy atom. The lowest BCUT2D eigenvalue weighted by atomic mass is 9.93. The maximum atomic E-state index is 10.2. The summed E-state index contributed by atoms with van der Waals surface area (Å²) >= 11 is 0.